The topological polar surface area (TPSA) is 75.4 Å². The second kappa shape index (κ2) is 6.36. The fourth-order valence-electron chi connectivity index (χ4n) is 1.78. The van der Waals surface area contributed by atoms with Crippen LogP contribution in [-0.4, -0.2) is 24.2 Å². The zero-order valence-electron chi connectivity index (χ0n) is 10.3. The molecular weight excluding hydrogens is 328 g/mol. The minimum Gasteiger partial charge on any atom is -0.397 e. The number of rotatable bonds is 5. The first-order chi connectivity index (χ1) is 9.13. The first-order valence-electron chi connectivity index (χ1n) is 6.00. The van der Waals surface area contributed by atoms with Gasteiger partial charge in [-0.15, -0.1) is 11.3 Å². The molecule has 0 fully saturated rings. The van der Waals surface area contributed by atoms with Gasteiger partial charge in [0.2, 0.25) is 0 Å². The molecule has 0 radical (unpaired) electrons. The maximum atomic E-state index is 12.0. The Bertz CT molecular complexity index is 598. The molecule has 2 rings (SSSR count). The average molecular weight is 343 g/mol. The Morgan fingerprint density at radius 3 is 2.95 bits per heavy atom. The smallest absolute Gasteiger partial charge is 0.263 e. The third-order valence-corrected chi connectivity index (χ3v) is 4.44. The van der Waals surface area contributed by atoms with Crippen molar-refractivity contribution in [2.75, 3.05) is 18.9 Å². The molecule has 102 valence electrons. The highest BCUT2D eigenvalue weighted by Crippen LogP contribution is 2.35. The number of nitrogens with one attached hydrogen (secondary N) is 1. The van der Waals surface area contributed by atoms with Gasteiger partial charge in [-0.1, -0.05) is 15.9 Å². The summed E-state index contributed by atoms with van der Waals surface area (Å²) >= 11 is 4.79. The van der Waals surface area contributed by atoms with Crippen LogP contribution in [0.25, 0.3) is 10.1 Å². The van der Waals surface area contributed by atoms with Crippen molar-refractivity contribution in [1.82, 2.24) is 5.32 Å². The van der Waals surface area contributed by atoms with E-state index in [2.05, 4.69) is 21.2 Å². The average Bonchev–Trinajstić information content (AvgIpc) is 2.72. The number of carbonyl (C=O) groups excluding carboxylic acids is 1. The summed E-state index contributed by atoms with van der Waals surface area (Å²) in [4.78, 5) is 12.6. The fourth-order valence-corrected chi connectivity index (χ4v) is 3.16. The molecule has 0 unspecified atom stereocenters. The zero-order valence-corrected chi connectivity index (χ0v) is 12.7. The van der Waals surface area contributed by atoms with Gasteiger partial charge in [0.05, 0.1) is 5.69 Å². The lowest BCUT2D eigenvalue weighted by atomic mass is 10.2. The summed E-state index contributed by atoms with van der Waals surface area (Å²) in [6.07, 6.45) is 1.45. The van der Waals surface area contributed by atoms with Gasteiger partial charge in [0.1, 0.15) is 4.88 Å². The van der Waals surface area contributed by atoms with Crippen LogP contribution in [0.1, 0.15) is 22.5 Å². The molecule has 4 N–H and O–H groups in total. The number of nitrogen functional groups attached to an aromatic ring is 1. The van der Waals surface area contributed by atoms with E-state index >= 15 is 0 Å². The Morgan fingerprint density at radius 1 is 1.42 bits per heavy atom. The number of nitrogens with two attached hydrogens (primary N) is 1. The standard InChI is InChI=1S/C13H15BrN2O2S/c14-8-3-4-10-9(7-8)11(15)12(19-10)13(18)16-5-1-2-6-17/h3-4,7,17H,1-2,5-6,15H2,(H,16,18). The quantitative estimate of drug-likeness (QED) is 0.731. The minimum atomic E-state index is -0.146. The molecule has 1 aromatic heterocycles. The molecule has 1 heterocycles. The summed E-state index contributed by atoms with van der Waals surface area (Å²) in [5.74, 6) is -0.146. The molecule has 0 aliphatic heterocycles. The minimum absolute atomic E-state index is 0.146. The maximum Gasteiger partial charge on any atom is 0.263 e. The Morgan fingerprint density at radius 2 is 2.21 bits per heavy atom. The van der Waals surface area contributed by atoms with Gasteiger partial charge in [-0.3, -0.25) is 4.79 Å². The number of fused-ring (bicyclic) bond motifs is 1. The van der Waals surface area contributed by atoms with Crippen molar-refractivity contribution in [2.45, 2.75) is 12.8 Å². The largest absolute Gasteiger partial charge is 0.397 e. The number of aliphatic hydroxyl groups excluding tert-OH is 1. The molecular formula is C13H15BrN2O2S. The second-order valence-corrected chi connectivity index (χ2v) is 6.14. The van der Waals surface area contributed by atoms with E-state index in [0.717, 1.165) is 21.0 Å². The molecule has 0 saturated heterocycles. The lowest BCUT2D eigenvalue weighted by molar-refractivity contribution is 0.0957. The fraction of sp³-hybridized carbons (Fsp3) is 0.308. The molecule has 1 aromatic carbocycles. The highest BCUT2D eigenvalue weighted by Gasteiger charge is 2.15. The molecule has 0 atom stereocenters. The van der Waals surface area contributed by atoms with Gasteiger partial charge in [0.15, 0.2) is 0 Å². The number of aliphatic hydroxyl groups is 1. The number of hydrogen-bond acceptors (Lipinski definition) is 4. The molecule has 4 nitrogen and oxygen atoms in total. The number of carbonyl (C=O) groups is 1. The number of amides is 1. The number of thiophene rings is 1. The van der Waals surface area contributed by atoms with Crippen LogP contribution in [0.3, 0.4) is 0 Å². The lowest BCUT2D eigenvalue weighted by Crippen LogP contribution is -2.24. The number of unbranched alkanes of at least 4 members (excludes halogenated alkanes) is 1. The number of halogens is 1. The lowest BCUT2D eigenvalue weighted by Gasteiger charge is -2.03. The van der Waals surface area contributed by atoms with Gasteiger partial charge < -0.3 is 16.2 Å². The van der Waals surface area contributed by atoms with Crippen molar-refractivity contribution in [3.8, 4) is 0 Å². The maximum absolute atomic E-state index is 12.0. The van der Waals surface area contributed by atoms with Crippen molar-refractivity contribution < 1.29 is 9.90 Å². The van der Waals surface area contributed by atoms with E-state index in [9.17, 15) is 4.79 Å². The first-order valence-corrected chi connectivity index (χ1v) is 7.61. The normalized spacial score (nSPS) is 10.8. The first kappa shape index (κ1) is 14.3. The highest BCUT2D eigenvalue weighted by atomic mass is 79.9. The van der Waals surface area contributed by atoms with E-state index in [1.165, 1.54) is 11.3 Å². The van der Waals surface area contributed by atoms with E-state index in [0.29, 0.717) is 23.5 Å². The van der Waals surface area contributed by atoms with E-state index in [-0.39, 0.29) is 12.5 Å². The van der Waals surface area contributed by atoms with Gasteiger partial charge >= 0.3 is 0 Å². The van der Waals surface area contributed by atoms with Crippen LogP contribution >= 0.6 is 27.3 Å². The number of anilines is 1. The van der Waals surface area contributed by atoms with Crippen LogP contribution in [-0.2, 0) is 0 Å². The molecule has 0 bridgehead atoms. The number of benzene rings is 1. The van der Waals surface area contributed by atoms with Crippen LogP contribution in [0.2, 0.25) is 0 Å². The molecule has 0 aliphatic carbocycles. The second-order valence-electron chi connectivity index (χ2n) is 4.17. The van der Waals surface area contributed by atoms with Gasteiger partial charge in [0, 0.05) is 27.7 Å². The molecule has 6 heteroatoms. The number of hydrogen-bond donors (Lipinski definition) is 3. The van der Waals surface area contributed by atoms with E-state index in [1.54, 1.807) is 0 Å². The van der Waals surface area contributed by atoms with Gasteiger partial charge in [-0.25, -0.2) is 0 Å². The molecule has 19 heavy (non-hydrogen) atoms. The van der Waals surface area contributed by atoms with Crippen molar-refractivity contribution in [2.24, 2.45) is 0 Å². The monoisotopic (exact) mass is 342 g/mol. The predicted octanol–water partition coefficient (Wildman–Crippen LogP) is 2.75. The summed E-state index contributed by atoms with van der Waals surface area (Å²) in [5, 5.41) is 12.4. The van der Waals surface area contributed by atoms with Crippen molar-refractivity contribution in [1.29, 1.82) is 0 Å². The van der Waals surface area contributed by atoms with Crippen LogP contribution in [0, 0.1) is 0 Å². The van der Waals surface area contributed by atoms with E-state index in [4.69, 9.17) is 10.8 Å². The van der Waals surface area contributed by atoms with Gasteiger partial charge in [-0.2, -0.15) is 0 Å². The summed E-state index contributed by atoms with van der Waals surface area (Å²) in [5.41, 5.74) is 6.56. The van der Waals surface area contributed by atoms with Crippen LogP contribution < -0.4 is 11.1 Å². The highest BCUT2D eigenvalue weighted by molar-refractivity contribution is 9.10. The summed E-state index contributed by atoms with van der Waals surface area (Å²) < 4.78 is 1.95. The summed E-state index contributed by atoms with van der Waals surface area (Å²) in [6, 6.07) is 5.80. The molecule has 0 aliphatic rings. The third-order valence-electron chi connectivity index (χ3n) is 2.77. The summed E-state index contributed by atoms with van der Waals surface area (Å²) in [7, 11) is 0. The van der Waals surface area contributed by atoms with Crippen LogP contribution in [0.15, 0.2) is 22.7 Å². The van der Waals surface area contributed by atoms with Gasteiger partial charge in [0.25, 0.3) is 5.91 Å². The molecule has 2 aromatic rings. The van der Waals surface area contributed by atoms with Crippen LogP contribution in [0.5, 0.6) is 0 Å². The molecule has 0 spiro atoms. The predicted molar refractivity (Wildman–Crippen MR) is 82.6 cm³/mol. The third kappa shape index (κ3) is 3.26. The van der Waals surface area contributed by atoms with Crippen molar-refractivity contribution in [3.63, 3.8) is 0 Å². The molecule has 0 saturated carbocycles. The summed E-state index contributed by atoms with van der Waals surface area (Å²) in [6.45, 7) is 0.700. The molecule has 1 amide bonds. The van der Waals surface area contributed by atoms with Crippen LogP contribution in [0.4, 0.5) is 5.69 Å². The zero-order chi connectivity index (χ0) is 13.8. The SMILES string of the molecule is Nc1c(C(=O)NCCCCO)sc2ccc(Br)cc12. The Balaban J connectivity index is 2.16. The van der Waals surface area contributed by atoms with Gasteiger partial charge in [-0.05, 0) is 31.0 Å². The Labute approximate surface area is 123 Å². The van der Waals surface area contributed by atoms with E-state index < -0.39 is 0 Å². The van der Waals surface area contributed by atoms with E-state index in [1.807, 2.05) is 18.2 Å². The Hall–Kier alpha value is -1.11. The van der Waals surface area contributed by atoms with Crippen molar-refractivity contribution >= 4 is 48.9 Å². The van der Waals surface area contributed by atoms with Crippen molar-refractivity contribution in [3.05, 3.63) is 27.5 Å². The Kier molecular flexibility index (Phi) is 4.79.